The second-order valence-corrected chi connectivity index (χ2v) is 7.43. The van der Waals surface area contributed by atoms with E-state index in [0.717, 1.165) is 19.5 Å². The van der Waals surface area contributed by atoms with E-state index in [0.29, 0.717) is 28.9 Å². The number of imide groups is 1. The van der Waals surface area contributed by atoms with E-state index in [4.69, 9.17) is 0 Å². The third-order valence-electron chi connectivity index (χ3n) is 6.00. The first-order valence-corrected chi connectivity index (χ1v) is 8.99. The highest BCUT2D eigenvalue weighted by atomic mass is 19.1. The normalized spacial score (nSPS) is 30.2. The predicted molar refractivity (Wildman–Crippen MR) is 90.0 cm³/mol. The Balaban J connectivity index is 1.45. The highest BCUT2D eigenvalue weighted by Crippen LogP contribution is 2.39. The topological polar surface area (TPSA) is 81.8 Å². The molecule has 0 aromatic heterocycles. The minimum Gasteiger partial charge on any atom is -0.360 e. The fourth-order valence-corrected chi connectivity index (χ4v) is 4.67. The van der Waals surface area contributed by atoms with E-state index in [2.05, 4.69) is 15.5 Å². The van der Waals surface area contributed by atoms with Crippen LogP contribution in [0.2, 0.25) is 0 Å². The minimum atomic E-state index is -0.719. The maximum Gasteiger partial charge on any atom is 0.255 e. The van der Waals surface area contributed by atoms with Crippen LogP contribution >= 0.6 is 0 Å². The molecular formula is C18H19FN4O3. The molecule has 0 radical (unpaired) electrons. The van der Waals surface area contributed by atoms with Crippen molar-refractivity contribution in [2.24, 2.45) is 0 Å². The lowest BCUT2D eigenvalue weighted by Crippen LogP contribution is -2.68. The maximum absolute atomic E-state index is 15.2. The summed E-state index contributed by atoms with van der Waals surface area (Å²) in [6.45, 7) is 1.75. The van der Waals surface area contributed by atoms with Crippen LogP contribution in [0.5, 0.6) is 0 Å². The van der Waals surface area contributed by atoms with Crippen LogP contribution in [0, 0.1) is 5.82 Å². The first-order valence-electron chi connectivity index (χ1n) is 8.99. The number of fused-ring (bicyclic) bond motifs is 3. The lowest BCUT2D eigenvalue weighted by Gasteiger charge is -2.54. The Labute approximate surface area is 149 Å². The van der Waals surface area contributed by atoms with Gasteiger partial charge in [-0.1, -0.05) is 0 Å². The van der Waals surface area contributed by atoms with Crippen LogP contribution in [-0.4, -0.2) is 53.8 Å². The quantitative estimate of drug-likeness (QED) is 0.735. The number of benzene rings is 1. The highest BCUT2D eigenvalue weighted by molar-refractivity contribution is 6.05. The molecule has 136 valence electrons. The van der Waals surface area contributed by atoms with Gasteiger partial charge in [-0.05, 0) is 25.0 Å². The average Bonchev–Trinajstić information content (AvgIpc) is 2.95. The summed E-state index contributed by atoms with van der Waals surface area (Å²) in [5.74, 6) is -1.51. The molecule has 5 rings (SSSR count). The van der Waals surface area contributed by atoms with E-state index < -0.39 is 11.9 Å². The summed E-state index contributed by atoms with van der Waals surface area (Å²) >= 11 is 0. The first kappa shape index (κ1) is 15.7. The molecule has 3 atom stereocenters. The lowest BCUT2D eigenvalue weighted by atomic mass is 9.87. The van der Waals surface area contributed by atoms with Gasteiger partial charge in [-0.15, -0.1) is 0 Å². The van der Waals surface area contributed by atoms with Gasteiger partial charge in [0.2, 0.25) is 11.8 Å². The summed E-state index contributed by atoms with van der Waals surface area (Å²) in [6, 6.07) is 3.23. The van der Waals surface area contributed by atoms with Crippen LogP contribution in [-0.2, 0) is 16.1 Å². The highest BCUT2D eigenvalue weighted by Gasteiger charge is 2.45. The van der Waals surface area contributed by atoms with Crippen molar-refractivity contribution in [3.05, 3.63) is 29.1 Å². The van der Waals surface area contributed by atoms with Gasteiger partial charge in [0.1, 0.15) is 6.04 Å². The molecule has 3 fully saturated rings. The van der Waals surface area contributed by atoms with Gasteiger partial charge in [0.25, 0.3) is 5.91 Å². The number of nitrogens with one attached hydrogen (secondary N) is 2. The predicted octanol–water partition coefficient (Wildman–Crippen LogP) is 0.137. The molecule has 3 amide bonds. The maximum atomic E-state index is 15.2. The second kappa shape index (κ2) is 5.51. The van der Waals surface area contributed by atoms with E-state index in [1.165, 1.54) is 4.90 Å². The number of piperazine rings is 1. The van der Waals surface area contributed by atoms with Crippen molar-refractivity contribution in [1.82, 2.24) is 15.5 Å². The fourth-order valence-electron chi connectivity index (χ4n) is 4.67. The van der Waals surface area contributed by atoms with Crippen molar-refractivity contribution in [2.45, 2.75) is 43.9 Å². The molecule has 26 heavy (non-hydrogen) atoms. The number of piperidine rings is 2. The zero-order chi connectivity index (χ0) is 18.0. The molecule has 3 unspecified atom stereocenters. The lowest BCUT2D eigenvalue weighted by molar-refractivity contribution is -0.136. The van der Waals surface area contributed by atoms with Gasteiger partial charge in [0, 0.05) is 42.7 Å². The molecule has 0 aliphatic carbocycles. The number of anilines is 1. The van der Waals surface area contributed by atoms with Crippen LogP contribution in [0.3, 0.4) is 0 Å². The Morgan fingerprint density at radius 1 is 1.12 bits per heavy atom. The number of carbonyl (C=O) groups excluding carboxylic acids is 3. The van der Waals surface area contributed by atoms with Crippen molar-refractivity contribution in [2.75, 3.05) is 18.0 Å². The van der Waals surface area contributed by atoms with Crippen molar-refractivity contribution in [3.63, 3.8) is 0 Å². The number of halogens is 1. The van der Waals surface area contributed by atoms with Crippen LogP contribution in [0.4, 0.5) is 10.1 Å². The number of rotatable bonds is 2. The van der Waals surface area contributed by atoms with Gasteiger partial charge in [-0.2, -0.15) is 0 Å². The van der Waals surface area contributed by atoms with E-state index in [-0.39, 0.29) is 37.0 Å². The second-order valence-electron chi connectivity index (χ2n) is 7.43. The summed E-state index contributed by atoms with van der Waals surface area (Å²) < 4.78 is 15.2. The molecule has 4 aliphatic heterocycles. The molecule has 4 heterocycles. The summed E-state index contributed by atoms with van der Waals surface area (Å²) in [6.07, 6.45) is 1.53. The third-order valence-corrected chi connectivity index (χ3v) is 6.00. The largest absolute Gasteiger partial charge is 0.360 e. The first-order chi connectivity index (χ1) is 12.5. The molecule has 1 aromatic carbocycles. The molecule has 8 heteroatoms. The molecule has 3 saturated heterocycles. The molecular weight excluding hydrogens is 339 g/mol. The minimum absolute atomic E-state index is 0.0710. The van der Waals surface area contributed by atoms with Gasteiger partial charge in [0.15, 0.2) is 5.82 Å². The summed E-state index contributed by atoms with van der Waals surface area (Å²) in [7, 11) is 0. The molecule has 2 bridgehead atoms. The van der Waals surface area contributed by atoms with E-state index in [1.54, 1.807) is 12.1 Å². The van der Waals surface area contributed by atoms with Crippen LogP contribution < -0.4 is 15.5 Å². The monoisotopic (exact) mass is 358 g/mol. The van der Waals surface area contributed by atoms with Gasteiger partial charge in [-0.3, -0.25) is 19.7 Å². The van der Waals surface area contributed by atoms with Gasteiger partial charge < -0.3 is 15.1 Å². The summed E-state index contributed by atoms with van der Waals surface area (Å²) in [5.41, 5.74) is 1.22. The fraction of sp³-hybridized carbons (Fsp3) is 0.500. The zero-order valence-corrected chi connectivity index (χ0v) is 14.1. The Hall–Kier alpha value is -2.48. The molecule has 1 aromatic rings. The molecule has 0 saturated carbocycles. The number of amides is 3. The molecule has 0 spiro atoms. The molecule has 4 aliphatic rings. The van der Waals surface area contributed by atoms with Crippen LogP contribution in [0.15, 0.2) is 12.1 Å². The van der Waals surface area contributed by atoms with Crippen molar-refractivity contribution >= 4 is 23.4 Å². The van der Waals surface area contributed by atoms with Crippen molar-refractivity contribution in [3.8, 4) is 0 Å². The van der Waals surface area contributed by atoms with E-state index >= 15 is 4.39 Å². The van der Waals surface area contributed by atoms with Gasteiger partial charge in [0.05, 0.1) is 12.2 Å². The number of hydrogen-bond donors (Lipinski definition) is 2. The number of nitrogens with zero attached hydrogens (tertiary/aromatic N) is 2. The zero-order valence-electron chi connectivity index (χ0n) is 14.1. The Bertz CT molecular complexity index is 828. The van der Waals surface area contributed by atoms with Crippen molar-refractivity contribution < 1.29 is 18.8 Å². The SMILES string of the molecule is O=C1CCC(N2Cc3c(ccc(N4C5CNCC4C5)c3F)C2=O)C(=O)N1. The summed E-state index contributed by atoms with van der Waals surface area (Å²) in [4.78, 5) is 39.6. The standard InChI is InChI=1S/C18H19FN4O3/c19-16-12-8-22(14-3-4-15(24)21-17(14)25)18(26)11(12)1-2-13(16)23-9-5-10(23)7-20-6-9/h1-2,9-10,14,20H,3-8H2,(H,21,24,25). The number of carbonyl (C=O) groups is 3. The summed E-state index contributed by atoms with van der Waals surface area (Å²) in [5, 5.41) is 5.59. The Kier molecular flexibility index (Phi) is 3.34. The smallest absolute Gasteiger partial charge is 0.255 e. The third kappa shape index (κ3) is 2.11. The van der Waals surface area contributed by atoms with E-state index in [1.807, 2.05) is 0 Å². The Morgan fingerprint density at radius 2 is 1.88 bits per heavy atom. The van der Waals surface area contributed by atoms with Gasteiger partial charge >= 0.3 is 0 Å². The molecule has 2 N–H and O–H groups in total. The average molecular weight is 358 g/mol. The van der Waals surface area contributed by atoms with Crippen LogP contribution in [0.1, 0.15) is 35.2 Å². The Morgan fingerprint density at radius 3 is 2.58 bits per heavy atom. The van der Waals surface area contributed by atoms with Gasteiger partial charge in [-0.25, -0.2) is 4.39 Å². The van der Waals surface area contributed by atoms with Crippen LogP contribution in [0.25, 0.3) is 0 Å². The van der Waals surface area contributed by atoms with Crippen molar-refractivity contribution in [1.29, 1.82) is 0 Å². The molecule has 7 nitrogen and oxygen atoms in total. The van der Waals surface area contributed by atoms with E-state index in [9.17, 15) is 14.4 Å². The number of hydrogen-bond acceptors (Lipinski definition) is 5.